The van der Waals surface area contributed by atoms with Crippen LogP contribution in [0.1, 0.15) is 20.8 Å². The first-order chi connectivity index (χ1) is 5.61. The molecule has 0 aromatic rings. The van der Waals surface area contributed by atoms with Crippen molar-refractivity contribution in [1.29, 1.82) is 0 Å². The van der Waals surface area contributed by atoms with Crippen LogP contribution >= 0.6 is 0 Å². The number of hydrogen-bond donors (Lipinski definition) is 1. The fourth-order valence-corrected chi connectivity index (χ4v) is 0.811. The van der Waals surface area contributed by atoms with Gasteiger partial charge in [-0.05, 0) is 24.5 Å². The molecule has 0 bridgehead atoms. The van der Waals surface area contributed by atoms with E-state index < -0.39 is 0 Å². The van der Waals surface area contributed by atoms with Gasteiger partial charge in [0.1, 0.15) is 0 Å². The van der Waals surface area contributed by atoms with Crippen LogP contribution in [-0.2, 0) is 0 Å². The Balaban J connectivity index is 4.47. The van der Waals surface area contributed by atoms with Crippen molar-refractivity contribution < 1.29 is 0 Å². The maximum Gasteiger partial charge on any atom is 0.0363 e. The molecule has 0 rings (SSSR count). The molecular weight excluding hydrogens is 146 g/mol. The van der Waals surface area contributed by atoms with Crippen LogP contribution in [0.15, 0.2) is 36.1 Å². The van der Waals surface area contributed by atoms with Gasteiger partial charge in [0.2, 0.25) is 0 Å². The fourth-order valence-electron chi connectivity index (χ4n) is 0.811. The van der Waals surface area contributed by atoms with Crippen LogP contribution in [0.2, 0.25) is 0 Å². The first kappa shape index (κ1) is 11.0. The highest BCUT2D eigenvalue weighted by Gasteiger charge is 1.92. The van der Waals surface area contributed by atoms with Crippen molar-refractivity contribution in [2.75, 3.05) is 7.05 Å². The van der Waals surface area contributed by atoms with Crippen molar-refractivity contribution in [2.45, 2.75) is 20.8 Å². The van der Waals surface area contributed by atoms with Gasteiger partial charge in [-0.15, -0.1) is 0 Å². The van der Waals surface area contributed by atoms with Gasteiger partial charge in [-0.2, -0.15) is 0 Å². The maximum absolute atomic E-state index is 3.72. The molecule has 0 fully saturated rings. The van der Waals surface area contributed by atoms with Crippen molar-refractivity contribution in [3.05, 3.63) is 36.1 Å². The number of nitrogens with one attached hydrogen (secondary N) is 1. The van der Waals surface area contributed by atoms with Crippen LogP contribution in [-0.4, -0.2) is 7.05 Å². The molecule has 0 unspecified atom stereocenters. The zero-order chi connectivity index (χ0) is 9.56. The molecule has 0 aromatic carbocycles. The molecule has 0 spiro atoms. The van der Waals surface area contributed by atoms with Crippen LogP contribution in [0.4, 0.5) is 0 Å². The average molecular weight is 165 g/mol. The molecule has 0 saturated heterocycles. The summed E-state index contributed by atoms with van der Waals surface area (Å²) in [5, 5.41) is 3.13. The van der Waals surface area contributed by atoms with Crippen LogP contribution < -0.4 is 5.32 Å². The summed E-state index contributed by atoms with van der Waals surface area (Å²) in [4.78, 5) is 0. The van der Waals surface area contributed by atoms with Gasteiger partial charge in [0.25, 0.3) is 0 Å². The molecule has 0 aliphatic rings. The summed E-state index contributed by atoms with van der Waals surface area (Å²) in [5.74, 6) is 0.589. The van der Waals surface area contributed by atoms with Crippen LogP contribution in [0.5, 0.6) is 0 Å². The first-order valence-corrected chi connectivity index (χ1v) is 4.31. The quantitative estimate of drug-likeness (QED) is 0.632. The minimum atomic E-state index is 0.589. The van der Waals surface area contributed by atoms with E-state index in [1.165, 1.54) is 5.57 Å². The number of hydrogen-bond acceptors (Lipinski definition) is 1. The highest BCUT2D eigenvalue weighted by molar-refractivity contribution is 5.29. The van der Waals surface area contributed by atoms with Gasteiger partial charge < -0.3 is 5.32 Å². The van der Waals surface area contributed by atoms with Crippen molar-refractivity contribution in [3.8, 4) is 0 Å². The van der Waals surface area contributed by atoms with E-state index in [2.05, 4.69) is 37.9 Å². The van der Waals surface area contributed by atoms with Gasteiger partial charge in [0.05, 0.1) is 0 Å². The lowest BCUT2D eigenvalue weighted by Crippen LogP contribution is -2.05. The van der Waals surface area contributed by atoms with E-state index in [1.54, 1.807) is 0 Å². The second-order valence-corrected chi connectivity index (χ2v) is 3.15. The molecule has 0 aliphatic heterocycles. The molecule has 0 aromatic heterocycles. The lowest BCUT2D eigenvalue weighted by molar-refractivity contribution is 0.827. The summed E-state index contributed by atoms with van der Waals surface area (Å²) >= 11 is 0. The number of likely N-dealkylation sites (N-methyl/N-ethyl adjacent to an activating group) is 1. The van der Waals surface area contributed by atoms with Gasteiger partial charge in [0, 0.05) is 12.7 Å². The molecule has 12 heavy (non-hydrogen) atoms. The monoisotopic (exact) mass is 165 g/mol. The van der Waals surface area contributed by atoms with Gasteiger partial charge >= 0.3 is 0 Å². The van der Waals surface area contributed by atoms with Gasteiger partial charge in [-0.1, -0.05) is 32.6 Å². The summed E-state index contributed by atoms with van der Waals surface area (Å²) in [7, 11) is 1.92. The molecule has 1 nitrogen and oxygen atoms in total. The average Bonchev–Trinajstić information content (AvgIpc) is 2.04. The third-order valence-corrected chi connectivity index (χ3v) is 1.65. The predicted octanol–water partition coefficient (Wildman–Crippen LogP) is 2.88. The van der Waals surface area contributed by atoms with Crippen molar-refractivity contribution in [2.24, 2.45) is 5.92 Å². The van der Waals surface area contributed by atoms with E-state index >= 15 is 0 Å². The van der Waals surface area contributed by atoms with Gasteiger partial charge in [-0.3, -0.25) is 0 Å². The highest BCUT2D eigenvalue weighted by Crippen LogP contribution is 2.04. The van der Waals surface area contributed by atoms with Gasteiger partial charge in [-0.25, -0.2) is 0 Å². The van der Waals surface area contributed by atoms with E-state index in [0.29, 0.717) is 5.92 Å². The highest BCUT2D eigenvalue weighted by atomic mass is 14.8. The molecule has 0 saturated carbocycles. The van der Waals surface area contributed by atoms with E-state index in [4.69, 9.17) is 0 Å². The Morgan fingerprint density at radius 3 is 2.33 bits per heavy atom. The third-order valence-electron chi connectivity index (χ3n) is 1.65. The van der Waals surface area contributed by atoms with E-state index in [1.807, 2.05) is 20.0 Å². The molecule has 1 N–H and O–H groups in total. The molecule has 0 atom stereocenters. The Labute approximate surface area is 75.9 Å². The van der Waals surface area contributed by atoms with Crippen molar-refractivity contribution >= 4 is 0 Å². The zero-order valence-electron chi connectivity index (χ0n) is 8.52. The lowest BCUT2D eigenvalue weighted by Gasteiger charge is -2.04. The molecule has 0 aliphatic carbocycles. The summed E-state index contributed by atoms with van der Waals surface area (Å²) in [6.45, 7) is 10.1. The van der Waals surface area contributed by atoms with E-state index in [9.17, 15) is 0 Å². The second kappa shape index (κ2) is 5.64. The van der Waals surface area contributed by atoms with Crippen LogP contribution in [0.3, 0.4) is 0 Å². The lowest BCUT2D eigenvalue weighted by atomic mass is 10.1. The Hall–Kier alpha value is -0.980. The molecule has 68 valence electrons. The summed E-state index contributed by atoms with van der Waals surface area (Å²) < 4.78 is 0. The molecule has 1 heteroatoms. The van der Waals surface area contributed by atoms with Crippen LogP contribution in [0.25, 0.3) is 0 Å². The number of rotatable bonds is 4. The standard InChI is InChI=1S/C11H19N/c1-6-10(4)11(12-5)8-7-9(2)3/h6-9,12H,1H2,2-5H3/b8-7-,11-10-. The largest absolute Gasteiger partial charge is 0.388 e. The van der Waals surface area contributed by atoms with E-state index in [-0.39, 0.29) is 0 Å². The fraction of sp³-hybridized carbons (Fsp3) is 0.455. The minimum absolute atomic E-state index is 0.589. The summed E-state index contributed by atoms with van der Waals surface area (Å²) in [5.41, 5.74) is 2.31. The van der Waals surface area contributed by atoms with Crippen molar-refractivity contribution in [3.63, 3.8) is 0 Å². The normalized spacial score (nSPS) is 13.4. The minimum Gasteiger partial charge on any atom is -0.388 e. The Bertz CT molecular complexity index is 197. The molecule has 0 radical (unpaired) electrons. The summed E-state index contributed by atoms with van der Waals surface area (Å²) in [6, 6.07) is 0. The zero-order valence-corrected chi connectivity index (χ0v) is 8.52. The third kappa shape index (κ3) is 4.02. The SMILES string of the molecule is C=C/C(C)=C(/C=C\C(C)C)NC. The van der Waals surface area contributed by atoms with Crippen LogP contribution in [0, 0.1) is 5.92 Å². The van der Waals surface area contributed by atoms with E-state index in [0.717, 1.165) is 5.70 Å². The molecule has 0 amide bonds. The molecular formula is C11H19N. The predicted molar refractivity (Wildman–Crippen MR) is 55.9 cm³/mol. The second-order valence-electron chi connectivity index (χ2n) is 3.15. The van der Waals surface area contributed by atoms with Gasteiger partial charge in [0.15, 0.2) is 0 Å². The Morgan fingerprint density at radius 2 is 2.00 bits per heavy atom. The molecule has 0 heterocycles. The number of allylic oxidation sites excluding steroid dienone is 4. The maximum atomic E-state index is 3.72. The first-order valence-electron chi connectivity index (χ1n) is 4.31. The smallest absolute Gasteiger partial charge is 0.0363 e. The summed E-state index contributed by atoms with van der Waals surface area (Å²) in [6.07, 6.45) is 6.12. The Morgan fingerprint density at radius 1 is 1.42 bits per heavy atom. The Kier molecular flexibility index (Phi) is 5.18. The topological polar surface area (TPSA) is 12.0 Å². The van der Waals surface area contributed by atoms with Crippen molar-refractivity contribution in [1.82, 2.24) is 5.32 Å².